The molecule has 0 N–H and O–H groups in total. The van der Waals surface area contributed by atoms with Gasteiger partial charge in [-0.15, -0.1) is 0 Å². The number of hydrogen-bond donors (Lipinski definition) is 0. The maximum absolute atomic E-state index is 10.7. The lowest BCUT2D eigenvalue weighted by Crippen LogP contribution is -2.08. The van der Waals surface area contributed by atoms with Crippen LogP contribution in [0.15, 0.2) is 0 Å². The Bertz CT molecular complexity index is 158. The maximum atomic E-state index is 10.7. The van der Waals surface area contributed by atoms with Crippen molar-refractivity contribution in [1.82, 2.24) is 0 Å². The van der Waals surface area contributed by atoms with E-state index >= 15 is 0 Å². The Morgan fingerprint density at radius 1 is 1.18 bits per heavy atom. The minimum Gasteiger partial charge on any atom is -0.281 e. The first kappa shape index (κ1) is 7.60. The molecule has 0 atom stereocenters. The predicted molar refractivity (Wildman–Crippen MR) is 44.4 cm³/mol. The smallest absolute Gasteiger partial charge is 0.221 e. The highest BCUT2D eigenvalue weighted by molar-refractivity contribution is 6.63. The largest absolute Gasteiger partial charge is 0.281 e. The number of carbonyl (C=O) groups excluding carboxylic acids is 1. The standard InChI is InChI=1S/C9H13ClO/c10-9(11)5-8-6-1-2-7(8)4-3-6/h6-8H,1-5H2. The normalized spacial score (nSPS) is 41.4. The van der Waals surface area contributed by atoms with Gasteiger partial charge in [-0.05, 0) is 55.0 Å². The van der Waals surface area contributed by atoms with Gasteiger partial charge in [0.15, 0.2) is 0 Å². The molecular weight excluding hydrogens is 160 g/mol. The predicted octanol–water partition coefficient (Wildman–Crippen LogP) is 2.58. The maximum Gasteiger partial charge on any atom is 0.221 e. The van der Waals surface area contributed by atoms with Gasteiger partial charge in [0.2, 0.25) is 5.24 Å². The molecule has 2 aliphatic carbocycles. The molecular formula is C9H13ClO. The molecule has 2 aliphatic rings. The third-order valence-electron chi connectivity index (χ3n) is 3.42. The van der Waals surface area contributed by atoms with Crippen LogP contribution in [0.1, 0.15) is 32.1 Å². The Morgan fingerprint density at radius 3 is 2.00 bits per heavy atom. The SMILES string of the molecule is O=C(Cl)CC1C2CCC1CC2. The molecule has 2 bridgehead atoms. The van der Waals surface area contributed by atoms with E-state index in [1.165, 1.54) is 25.7 Å². The quantitative estimate of drug-likeness (QED) is 0.586. The van der Waals surface area contributed by atoms with Crippen molar-refractivity contribution in [3.8, 4) is 0 Å². The summed E-state index contributed by atoms with van der Waals surface area (Å²) < 4.78 is 0. The van der Waals surface area contributed by atoms with Crippen LogP contribution in [0.2, 0.25) is 0 Å². The second-order valence-electron chi connectivity index (χ2n) is 3.90. The number of halogens is 1. The van der Waals surface area contributed by atoms with Gasteiger partial charge in [-0.2, -0.15) is 0 Å². The van der Waals surface area contributed by atoms with Crippen molar-refractivity contribution in [3.63, 3.8) is 0 Å². The molecule has 0 aliphatic heterocycles. The molecule has 1 nitrogen and oxygen atoms in total. The first-order valence-electron chi connectivity index (χ1n) is 4.45. The molecule has 2 saturated carbocycles. The fourth-order valence-electron chi connectivity index (χ4n) is 2.90. The fraction of sp³-hybridized carbons (Fsp3) is 0.889. The number of hydrogen-bond acceptors (Lipinski definition) is 1. The summed E-state index contributed by atoms with van der Waals surface area (Å²) in [7, 11) is 0. The molecule has 2 heteroatoms. The average molecular weight is 173 g/mol. The molecule has 0 saturated heterocycles. The molecule has 0 radical (unpaired) electrons. The highest BCUT2D eigenvalue weighted by Gasteiger charge is 2.41. The summed E-state index contributed by atoms with van der Waals surface area (Å²) in [4.78, 5) is 10.7. The van der Waals surface area contributed by atoms with E-state index in [1.54, 1.807) is 0 Å². The van der Waals surface area contributed by atoms with Crippen LogP contribution in [0, 0.1) is 17.8 Å². The zero-order valence-electron chi connectivity index (χ0n) is 6.55. The van der Waals surface area contributed by atoms with Crippen LogP contribution in [0.4, 0.5) is 0 Å². The molecule has 62 valence electrons. The molecule has 0 aromatic carbocycles. The summed E-state index contributed by atoms with van der Waals surface area (Å²) >= 11 is 5.38. The second-order valence-corrected chi connectivity index (χ2v) is 4.32. The minimum absolute atomic E-state index is 0.131. The highest BCUT2D eigenvalue weighted by atomic mass is 35.5. The monoisotopic (exact) mass is 172 g/mol. The van der Waals surface area contributed by atoms with Crippen LogP contribution in [-0.4, -0.2) is 5.24 Å². The minimum atomic E-state index is -0.131. The number of carbonyl (C=O) groups is 1. The molecule has 0 aromatic rings. The van der Waals surface area contributed by atoms with Crippen LogP contribution in [0.3, 0.4) is 0 Å². The third-order valence-corrected chi connectivity index (χ3v) is 3.58. The first-order valence-corrected chi connectivity index (χ1v) is 4.83. The summed E-state index contributed by atoms with van der Waals surface area (Å²) in [5.74, 6) is 2.32. The van der Waals surface area contributed by atoms with E-state index in [0.717, 1.165) is 11.8 Å². The summed E-state index contributed by atoms with van der Waals surface area (Å²) in [6.45, 7) is 0. The van der Waals surface area contributed by atoms with Crippen LogP contribution in [0.5, 0.6) is 0 Å². The molecule has 0 heterocycles. The van der Waals surface area contributed by atoms with Gasteiger partial charge < -0.3 is 0 Å². The average Bonchev–Trinajstić information content (AvgIpc) is 2.48. The highest BCUT2D eigenvalue weighted by Crippen LogP contribution is 2.50. The van der Waals surface area contributed by atoms with Crippen LogP contribution in [0.25, 0.3) is 0 Å². The Hall–Kier alpha value is -0.0400. The summed E-state index contributed by atoms with van der Waals surface area (Å²) in [6, 6.07) is 0. The fourth-order valence-corrected chi connectivity index (χ4v) is 3.08. The Balaban J connectivity index is 1.99. The van der Waals surface area contributed by atoms with Crippen molar-refractivity contribution in [2.45, 2.75) is 32.1 Å². The number of rotatable bonds is 2. The lowest BCUT2D eigenvalue weighted by molar-refractivity contribution is -0.112. The van der Waals surface area contributed by atoms with Crippen molar-refractivity contribution >= 4 is 16.8 Å². The van der Waals surface area contributed by atoms with Gasteiger partial charge in [0, 0.05) is 6.42 Å². The molecule has 2 fully saturated rings. The van der Waals surface area contributed by atoms with Crippen molar-refractivity contribution in [3.05, 3.63) is 0 Å². The Kier molecular flexibility index (Phi) is 1.92. The van der Waals surface area contributed by atoms with E-state index in [4.69, 9.17) is 11.6 Å². The van der Waals surface area contributed by atoms with Crippen LogP contribution < -0.4 is 0 Å². The van der Waals surface area contributed by atoms with Gasteiger partial charge in [0.05, 0.1) is 0 Å². The summed E-state index contributed by atoms with van der Waals surface area (Å²) in [5.41, 5.74) is 0. The van der Waals surface area contributed by atoms with Gasteiger partial charge in [-0.25, -0.2) is 0 Å². The van der Waals surface area contributed by atoms with Gasteiger partial charge in [-0.3, -0.25) is 4.79 Å². The second kappa shape index (κ2) is 2.78. The van der Waals surface area contributed by atoms with Crippen molar-refractivity contribution in [2.24, 2.45) is 17.8 Å². The Morgan fingerprint density at radius 2 is 1.64 bits per heavy atom. The van der Waals surface area contributed by atoms with E-state index in [2.05, 4.69) is 0 Å². The molecule has 0 aromatic heterocycles. The summed E-state index contributed by atoms with van der Waals surface area (Å²) in [5, 5.41) is -0.131. The molecule has 2 rings (SSSR count). The van der Waals surface area contributed by atoms with E-state index in [0.29, 0.717) is 12.3 Å². The zero-order chi connectivity index (χ0) is 7.84. The van der Waals surface area contributed by atoms with Gasteiger partial charge in [0.25, 0.3) is 0 Å². The van der Waals surface area contributed by atoms with Gasteiger partial charge >= 0.3 is 0 Å². The van der Waals surface area contributed by atoms with E-state index in [-0.39, 0.29) is 5.24 Å². The van der Waals surface area contributed by atoms with Crippen LogP contribution >= 0.6 is 11.6 Å². The molecule has 0 unspecified atom stereocenters. The molecule has 0 spiro atoms. The molecule has 0 amide bonds. The summed E-state index contributed by atoms with van der Waals surface area (Å²) in [6.07, 6.45) is 6.02. The van der Waals surface area contributed by atoms with Crippen molar-refractivity contribution in [2.75, 3.05) is 0 Å². The van der Waals surface area contributed by atoms with Gasteiger partial charge in [-0.1, -0.05) is 0 Å². The third kappa shape index (κ3) is 1.31. The van der Waals surface area contributed by atoms with Crippen molar-refractivity contribution in [1.29, 1.82) is 0 Å². The Labute approximate surface area is 72.1 Å². The van der Waals surface area contributed by atoms with E-state index in [9.17, 15) is 4.79 Å². The lowest BCUT2D eigenvalue weighted by Gasteiger charge is -2.11. The van der Waals surface area contributed by atoms with Crippen molar-refractivity contribution < 1.29 is 4.79 Å². The molecule has 11 heavy (non-hydrogen) atoms. The lowest BCUT2D eigenvalue weighted by atomic mass is 9.95. The number of fused-ring (bicyclic) bond motifs is 2. The van der Waals surface area contributed by atoms with Gasteiger partial charge in [0.1, 0.15) is 0 Å². The van der Waals surface area contributed by atoms with E-state index in [1.807, 2.05) is 0 Å². The first-order chi connectivity index (χ1) is 5.27. The van der Waals surface area contributed by atoms with E-state index < -0.39 is 0 Å². The topological polar surface area (TPSA) is 17.1 Å². The van der Waals surface area contributed by atoms with Crippen LogP contribution in [-0.2, 0) is 4.79 Å². The zero-order valence-corrected chi connectivity index (χ0v) is 7.31.